The van der Waals surface area contributed by atoms with Crippen LogP contribution in [0.3, 0.4) is 0 Å². The number of aromatic nitrogens is 3. The van der Waals surface area contributed by atoms with E-state index in [0.29, 0.717) is 17.5 Å². The zero-order chi connectivity index (χ0) is 31.2. The normalized spacial score (nSPS) is 13.2. The predicted octanol–water partition coefficient (Wildman–Crippen LogP) is 11.2. The molecule has 8 aromatic rings. The van der Waals surface area contributed by atoms with Gasteiger partial charge in [-0.3, -0.25) is 0 Å². The van der Waals surface area contributed by atoms with Crippen LogP contribution in [0.5, 0.6) is 0 Å². The van der Waals surface area contributed by atoms with Gasteiger partial charge in [0.25, 0.3) is 0 Å². The van der Waals surface area contributed by atoms with Gasteiger partial charge in [0.1, 0.15) is 11.2 Å². The van der Waals surface area contributed by atoms with Gasteiger partial charge in [-0.1, -0.05) is 133 Å². The lowest BCUT2D eigenvalue weighted by molar-refractivity contribution is 0.669. The number of benzene rings is 6. The fourth-order valence-corrected chi connectivity index (χ4v) is 6.74. The molecule has 1 aliphatic rings. The molecule has 0 saturated heterocycles. The number of hydrogen-bond acceptors (Lipinski definition) is 4. The third-order valence-corrected chi connectivity index (χ3v) is 9.06. The first-order valence-electron chi connectivity index (χ1n) is 16.0. The standard InChI is InChI=1S/C43H29N3O/c1-4-12-28(13-5-1)29-20-22-31(23-21-29)36-26-34(27-38-40(36)39-35-19-11-10-14-30(35)24-25-37(39)47-38)43-45-41(32-15-6-2-7-16-32)44-42(46-43)33-17-8-3-9-18-33/h1-20,22,24-27H,21,23H2. The molecule has 2 heterocycles. The quantitative estimate of drug-likeness (QED) is 0.196. The van der Waals surface area contributed by atoms with Crippen molar-refractivity contribution < 1.29 is 4.42 Å². The van der Waals surface area contributed by atoms with Crippen molar-refractivity contribution in [3.8, 4) is 34.2 Å². The van der Waals surface area contributed by atoms with Crippen LogP contribution in [0.2, 0.25) is 0 Å². The van der Waals surface area contributed by atoms with Gasteiger partial charge in [0.15, 0.2) is 17.5 Å². The van der Waals surface area contributed by atoms with Gasteiger partial charge in [0.05, 0.1) is 0 Å². The van der Waals surface area contributed by atoms with Crippen LogP contribution in [0, 0.1) is 0 Å². The molecule has 0 radical (unpaired) electrons. The monoisotopic (exact) mass is 603 g/mol. The maximum atomic E-state index is 6.66. The first kappa shape index (κ1) is 27.2. The Morgan fingerprint density at radius 2 is 0.979 bits per heavy atom. The molecule has 6 aromatic carbocycles. The zero-order valence-electron chi connectivity index (χ0n) is 25.6. The summed E-state index contributed by atoms with van der Waals surface area (Å²) >= 11 is 0. The number of nitrogens with zero attached hydrogens (tertiary/aromatic N) is 3. The second-order valence-corrected chi connectivity index (χ2v) is 11.9. The molecule has 0 N–H and O–H groups in total. The van der Waals surface area contributed by atoms with E-state index in [0.717, 1.165) is 57.0 Å². The first-order chi connectivity index (χ1) is 23.3. The second kappa shape index (κ2) is 11.3. The Morgan fingerprint density at radius 1 is 0.426 bits per heavy atom. The smallest absolute Gasteiger partial charge is 0.164 e. The Kier molecular flexibility index (Phi) is 6.57. The average molecular weight is 604 g/mol. The Morgan fingerprint density at radius 3 is 1.62 bits per heavy atom. The summed E-state index contributed by atoms with van der Waals surface area (Å²) < 4.78 is 6.66. The van der Waals surface area contributed by atoms with Gasteiger partial charge in [0.2, 0.25) is 0 Å². The second-order valence-electron chi connectivity index (χ2n) is 11.9. The SMILES string of the molecule is C1=C(c2ccccc2)CCC(c2cc(-c3nc(-c4ccccc4)nc(-c4ccccc4)n3)cc3oc4ccc5ccccc5c4c23)=C1. The molecule has 0 amide bonds. The van der Waals surface area contributed by atoms with E-state index in [1.165, 1.54) is 27.5 Å². The summed E-state index contributed by atoms with van der Waals surface area (Å²) in [4.78, 5) is 15.0. The fourth-order valence-electron chi connectivity index (χ4n) is 6.74. The van der Waals surface area contributed by atoms with Gasteiger partial charge in [-0.15, -0.1) is 0 Å². The molecule has 0 atom stereocenters. The lowest BCUT2D eigenvalue weighted by atomic mass is 9.87. The third kappa shape index (κ3) is 4.91. The summed E-state index contributed by atoms with van der Waals surface area (Å²) in [6.07, 6.45) is 6.43. The van der Waals surface area contributed by atoms with Crippen LogP contribution in [0.4, 0.5) is 0 Å². The molecule has 9 rings (SSSR count). The Balaban J connectivity index is 1.30. The summed E-state index contributed by atoms with van der Waals surface area (Å²) in [6.45, 7) is 0. The van der Waals surface area contributed by atoms with Gasteiger partial charge in [0, 0.05) is 27.5 Å². The van der Waals surface area contributed by atoms with Crippen LogP contribution in [0.1, 0.15) is 24.0 Å². The van der Waals surface area contributed by atoms with E-state index in [1.807, 2.05) is 60.7 Å². The average Bonchev–Trinajstić information content (AvgIpc) is 3.55. The van der Waals surface area contributed by atoms with Gasteiger partial charge < -0.3 is 4.42 Å². The predicted molar refractivity (Wildman–Crippen MR) is 193 cm³/mol. The highest BCUT2D eigenvalue weighted by atomic mass is 16.3. The minimum absolute atomic E-state index is 0.614. The molecule has 0 spiro atoms. The maximum absolute atomic E-state index is 6.66. The largest absolute Gasteiger partial charge is 0.456 e. The lowest BCUT2D eigenvalue weighted by Gasteiger charge is -2.17. The molecular formula is C43H29N3O. The fraction of sp³-hybridized carbons (Fsp3) is 0.0465. The summed E-state index contributed by atoms with van der Waals surface area (Å²) in [5.41, 5.74) is 9.52. The number of fused-ring (bicyclic) bond motifs is 5. The zero-order valence-corrected chi connectivity index (χ0v) is 25.6. The Labute approximate surface area is 272 Å². The summed E-state index contributed by atoms with van der Waals surface area (Å²) in [6, 6.07) is 48.0. The minimum Gasteiger partial charge on any atom is -0.456 e. The molecule has 1 aliphatic carbocycles. The summed E-state index contributed by atoms with van der Waals surface area (Å²) in [5, 5.41) is 4.65. The van der Waals surface area contributed by atoms with Crippen LogP contribution in [0.25, 0.3) is 78.0 Å². The van der Waals surface area contributed by atoms with Gasteiger partial charge >= 0.3 is 0 Å². The van der Waals surface area contributed by atoms with Crippen LogP contribution < -0.4 is 0 Å². The molecule has 222 valence electrons. The molecule has 2 aromatic heterocycles. The molecule has 4 heteroatoms. The van der Waals surface area contributed by atoms with E-state index in [-0.39, 0.29) is 0 Å². The van der Waals surface area contributed by atoms with E-state index in [2.05, 4.69) is 91.0 Å². The highest BCUT2D eigenvalue weighted by molar-refractivity contribution is 6.22. The van der Waals surface area contributed by atoms with Crippen molar-refractivity contribution in [3.63, 3.8) is 0 Å². The molecule has 0 aliphatic heterocycles. The number of rotatable bonds is 5. The molecule has 0 fully saturated rings. The topological polar surface area (TPSA) is 51.8 Å². The Hall–Kier alpha value is -6.13. The highest BCUT2D eigenvalue weighted by Gasteiger charge is 2.21. The summed E-state index contributed by atoms with van der Waals surface area (Å²) in [7, 11) is 0. The molecule has 0 bridgehead atoms. The van der Waals surface area contributed by atoms with E-state index >= 15 is 0 Å². The summed E-state index contributed by atoms with van der Waals surface area (Å²) in [5.74, 6) is 1.89. The minimum atomic E-state index is 0.614. The van der Waals surface area contributed by atoms with E-state index in [4.69, 9.17) is 19.4 Å². The first-order valence-corrected chi connectivity index (χ1v) is 16.0. The van der Waals surface area contributed by atoms with Crippen molar-refractivity contribution in [1.82, 2.24) is 15.0 Å². The number of furan rings is 1. The van der Waals surface area contributed by atoms with Gasteiger partial charge in [-0.25, -0.2) is 15.0 Å². The van der Waals surface area contributed by atoms with Crippen molar-refractivity contribution >= 4 is 43.9 Å². The van der Waals surface area contributed by atoms with Crippen LogP contribution in [-0.4, -0.2) is 15.0 Å². The van der Waals surface area contributed by atoms with Crippen molar-refractivity contribution in [3.05, 3.63) is 163 Å². The molecular weight excluding hydrogens is 574 g/mol. The molecule has 47 heavy (non-hydrogen) atoms. The van der Waals surface area contributed by atoms with Crippen LogP contribution in [0.15, 0.2) is 156 Å². The highest BCUT2D eigenvalue weighted by Crippen LogP contribution is 2.43. The Bertz CT molecular complexity index is 2440. The number of hydrogen-bond donors (Lipinski definition) is 0. The van der Waals surface area contributed by atoms with Crippen molar-refractivity contribution in [2.45, 2.75) is 12.8 Å². The van der Waals surface area contributed by atoms with Gasteiger partial charge in [-0.05, 0) is 64.1 Å². The van der Waals surface area contributed by atoms with E-state index in [1.54, 1.807) is 0 Å². The van der Waals surface area contributed by atoms with Crippen LogP contribution in [-0.2, 0) is 0 Å². The third-order valence-electron chi connectivity index (χ3n) is 9.06. The molecule has 4 nitrogen and oxygen atoms in total. The van der Waals surface area contributed by atoms with Crippen molar-refractivity contribution in [2.75, 3.05) is 0 Å². The lowest BCUT2D eigenvalue weighted by Crippen LogP contribution is -2.01. The van der Waals surface area contributed by atoms with Crippen LogP contribution >= 0.6 is 0 Å². The number of allylic oxidation sites excluding steroid dienone is 4. The van der Waals surface area contributed by atoms with Crippen molar-refractivity contribution in [2.24, 2.45) is 0 Å². The van der Waals surface area contributed by atoms with Gasteiger partial charge in [-0.2, -0.15) is 0 Å². The van der Waals surface area contributed by atoms with Crippen molar-refractivity contribution in [1.29, 1.82) is 0 Å². The van der Waals surface area contributed by atoms with E-state index < -0.39 is 0 Å². The van der Waals surface area contributed by atoms with E-state index in [9.17, 15) is 0 Å². The maximum Gasteiger partial charge on any atom is 0.164 e. The molecule has 0 unspecified atom stereocenters. The molecule has 0 saturated carbocycles.